The van der Waals surface area contributed by atoms with Crippen LogP contribution in [0.25, 0.3) is 5.65 Å². The standard InChI is InChI=1S/C14H14ClN5S/c1-14(2,3)12-16-9(15)8-11(17-12)21-13-19-18-10-6-4-5-7-20(10)13/h4-8H,1-3H3. The number of fused-ring (bicyclic) bond motifs is 1. The van der Waals surface area contributed by atoms with Crippen molar-refractivity contribution in [3.8, 4) is 0 Å². The quantitative estimate of drug-likeness (QED) is 0.675. The topological polar surface area (TPSA) is 56.0 Å². The van der Waals surface area contributed by atoms with E-state index >= 15 is 0 Å². The molecule has 3 heterocycles. The molecule has 0 aliphatic rings. The normalized spacial score (nSPS) is 12.0. The first-order chi connectivity index (χ1) is 9.93. The lowest BCUT2D eigenvalue weighted by molar-refractivity contribution is 0.538. The molecule has 0 aliphatic heterocycles. The summed E-state index contributed by atoms with van der Waals surface area (Å²) in [6, 6.07) is 7.52. The minimum Gasteiger partial charge on any atom is -0.277 e. The predicted molar refractivity (Wildman–Crippen MR) is 82.9 cm³/mol. The van der Waals surface area contributed by atoms with Crippen molar-refractivity contribution in [2.75, 3.05) is 0 Å². The number of nitrogens with zero attached hydrogens (tertiary/aromatic N) is 5. The second-order valence-corrected chi connectivity index (χ2v) is 6.99. The average molecular weight is 320 g/mol. The van der Waals surface area contributed by atoms with E-state index in [0.717, 1.165) is 15.8 Å². The highest BCUT2D eigenvalue weighted by Gasteiger charge is 2.19. The summed E-state index contributed by atoms with van der Waals surface area (Å²) in [4.78, 5) is 8.87. The maximum atomic E-state index is 6.11. The van der Waals surface area contributed by atoms with Gasteiger partial charge in [0.2, 0.25) is 5.16 Å². The third-order valence-electron chi connectivity index (χ3n) is 2.82. The molecular weight excluding hydrogens is 306 g/mol. The highest BCUT2D eigenvalue weighted by atomic mass is 35.5. The lowest BCUT2D eigenvalue weighted by Gasteiger charge is -2.17. The van der Waals surface area contributed by atoms with Crippen LogP contribution in [0.5, 0.6) is 0 Å². The number of hydrogen-bond acceptors (Lipinski definition) is 5. The average Bonchev–Trinajstić information content (AvgIpc) is 2.81. The van der Waals surface area contributed by atoms with E-state index in [0.29, 0.717) is 11.0 Å². The lowest BCUT2D eigenvalue weighted by Crippen LogP contribution is -2.16. The molecule has 0 spiro atoms. The molecule has 0 bridgehead atoms. The Morgan fingerprint density at radius 2 is 1.95 bits per heavy atom. The minimum atomic E-state index is -0.160. The van der Waals surface area contributed by atoms with E-state index < -0.39 is 0 Å². The van der Waals surface area contributed by atoms with Crippen LogP contribution in [0.4, 0.5) is 0 Å². The Kier molecular flexibility index (Phi) is 3.59. The molecule has 0 atom stereocenters. The van der Waals surface area contributed by atoms with E-state index in [2.05, 4.69) is 40.9 Å². The van der Waals surface area contributed by atoms with Crippen LogP contribution < -0.4 is 0 Å². The molecule has 0 radical (unpaired) electrons. The second kappa shape index (κ2) is 5.27. The maximum absolute atomic E-state index is 6.11. The van der Waals surface area contributed by atoms with Gasteiger partial charge in [0.15, 0.2) is 5.65 Å². The molecule has 3 aromatic rings. The summed E-state index contributed by atoms with van der Waals surface area (Å²) < 4.78 is 1.91. The van der Waals surface area contributed by atoms with Crippen molar-refractivity contribution >= 4 is 29.0 Å². The van der Waals surface area contributed by atoms with Gasteiger partial charge >= 0.3 is 0 Å². The molecule has 0 fully saturated rings. The zero-order chi connectivity index (χ0) is 15.0. The molecule has 0 N–H and O–H groups in total. The van der Waals surface area contributed by atoms with Crippen LogP contribution in [0.3, 0.4) is 0 Å². The highest BCUT2D eigenvalue weighted by molar-refractivity contribution is 7.99. The van der Waals surface area contributed by atoms with Gasteiger partial charge < -0.3 is 0 Å². The van der Waals surface area contributed by atoms with Crippen LogP contribution in [0.2, 0.25) is 5.15 Å². The first-order valence-corrected chi connectivity index (χ1v) is 7.65. The Morgan fingerprint density at radius 3 is 2.71 bits per heavy atom. The van der Waals surface area contributed by atoms with Crippen molar-refractivity contribution in [1.82, 2.24) is 24.6 Å². The smallest absolute Gasteiger partial charge is 0.201 e. The molecule has 0 aliphatic carbocycles. The number of hydrogen-bond donors (Lipinski definition) is 0. The van der Waals surface area contributed by atoms with Gasteiger partial charge in [0.25, 0.3) is 0 Å². The molecule has 7 heteroatoms. The van der Waals surface area contributed by atoms with Crippen LogP contribution in [-0.4, -0.2) is 24.6 Å². The molecular formula is C14H14ClN5S. The van der Waals surface area contributed by atoms with Gasteiger partial charge in [-0.2, -0.15) is 0 Å². The van der Waals surface area contributed by atoms with E-state index in [9.17, 15) is 0 Å². The van der Waals surface area contributed by atoms with Gasteiger partial charge in [0.1, 0.15) is 16.0 Å². The summed E-state index contributed by atoms with van der Waals surface area (Å²) in [6.45, 7) is 6.17. The predicted octanol–water partition coefficient (Wildman–Crippen LogP) is 3.62. The SMILES string of the molecule is CC(C)(C)c1nc(Cl)cc(Sc2nnc3ccccn23)n1. The molecule has 0 aromatic carbocycles. The Balaban J connectivity index is 2.00. The molecule has 108 valence electrons. The Hall–Kier alpha value is -1.66. The second-order valence-electron chi connectivity index (χ2n) is 5.62. The summed E-state index contributed by atoms with van der Waals surface area (Å²) >= 11 is 7.53. The molecule has 0 saturated carbocycles. The molecule has 0 unspecified atom stereocenters. The molecule has 3 aromatic heterocycles. The van der Waals surface area contributed by atoms with Crippen LogP contribution >= 0.6 is 23.4 Å². The first-order valence-electron chi connectivity index (χ1n) is 6.46. The van der Waals surface area contributed by atoms with Gasteiger partial charge in [-0.1, -0.05) is 38.4 Å². The number of aromatic nitrogens is 5. The van der Waals surface area contributed by atoms with Crippen LogP contribution in [0.1, 0.15) is 26.6 Å². The van der Waals surface area contributed by atoms with Gasteiger partial charge in [0, 0.05) is 17.7 Å². The summed E-state index contributed by atoms with van der Waals surface area (Å²) in [5.41, 5.74) is 0.642. The summed E-state index contributed by atoms with van der Waals surface area (Å²) in [6.07, 6.45) is 1.92. The molecule has 0 amide bonds. The van der Waals surface area contributed by atoms with Crippen molar-refractivity contribution in [3.63, 3.8) is 0 Å². The third kappa shape index (κ3) is 3.01. The first kappa shape index (κ1) is 14.3. The van der Waals surface area contributed by atoms with Crippen LogP contribution in [0, 0.1) is 0 Å². The minimum absolute atomic E-state index is 0.160. The summed E-state index contributed by atoms with van der Waals surface area (Å²) in [5.74, 6) is 0.714. The monoisotopic (exact) mass is 319 g/mol. The number of halogens is 1. The van der Waals surface area contributed by atoms with E-state index in [1.54, 1.807) is 6.07 Å². The van der Waals surface area contributed by atoms with Gasteiger partial charge in [-0.15, -0.1) is 10.2 Å². The fourth-order valence-corrected chi connectivity index (χ4v) is 2.84. The van der Waals surface area contributed by atoms with Gasteiger partial charge in [0.05, 0.1) is 0 Å². The number of rotatable bonds is 2. The summed E-state index contributed by atoms with van der Waals surface area (Å²) in [5, 5.41) is 10.3. The van der Waals surface area contributed by atoms with Crippen LogP contribution in [-0.2, 0) is 5.41 Å². The van der Waals surface area contributed by atoms with Crippen molar-refractivity contribution < 1.29 is 0 Å². The van der Waals surface area contributed by atoms with Crippen molar-refractivity contribution in [2.24, 2.45) is 0 Å². The molecule has 0 saturated heterocycles. The van der Waals surface area contributed by atoms with Crippen molar-refractivity contribution in [3.05, 3.63) is 41.4 Å². The largest absolute Gasteiger partial charge is 0.277 e. The van der Waals surface area contributed by atoms with Crippen LogP contribution in [0.15, 0.2) is 40.6 Å². The Labute approximate surface area is 131 Å². The molecule has 21 heavy (non-hydrogen) atoms. The zero-order valence-electron chi connectivity index (χ0n) is 11.9. The van der Waals surface area contributed by atoms with E-state index in [4.69, 9.17) is 11.6 Å². The van der Waals surface area contributed by atoms with Gasteiger partial charge in [-0.05, 0) is 23.9 Å². The van der Waals surface area contributed by atoms with E-state index in [-0.39, 0.29) is 5.41 Å². The van der Waals surface area contributed by atoms with Crippen molar-refractivity contribution in [1.29, 1.82) is 0 Å². The van der Waals surface area contributed by atoms with Crippen molar-refractivity contribution in [2.45, 2.75) is 36.4 Å². The zero-order valence-corrected chi connectivity index (χ0v) is 13.5. The lowest BCUT2D eigenvalue weighted by atomic mass is 9.96. The highest BCUT2D eigenvalue weighted by Crippen LogP contribution is 2.29. The summed E-state index contributed by atoms with van der Waals surface area (Å²) in [7, 11) is 0. The maximum Gasteiger partial charge on any atom is 0.201 e. The van der Waals surface area contributed by atoms with E-state index in [1.807, 2.05) is 28.8 Å². The third-order valence-corrected chi connectivity index (χ3v) is 3.89. The van der Waals surface area contributed by atoms with Gasteiger partial charge in [-0.25, -0.2) is 9.97 Å². The molecule has 3 rings (SSSR count). The molecule has 5 nitrogen and oxygen atoms in total. The Morgan fingerprint density at radius 1 is 1.14 bits per heavy atom. The Bertz CT molecular complexity index is 793. The van der Waals surface area contributed by atoms with E-state index in [1.165, 1.54) is 11.8 Å². The fraction of sp³-hybridized carbons (Fsp3) is 0.286. The fourth-order valence-electron chi connectivity index (χ4n) is 1.77. The number of pyridine rings is 1. The van der Waals surface area contributed by atoms with Gasteiger partial charge in [-0.3, -0.25) is 4.40 Å².